The minimum Gasteiger partial charge on any atom is -0.324 e. The van der Waals surface area contributed by atoms with Gasteiger partial charge in [0.2, 0.25) is 0 Å². The highest BCUT2D eigenvalue weighted by atomic mass is 15.1. The quantitative estimate of drug-likeness (QED) is 0.751. The van der Waals surface area contributed by atoms with Crippen LogP contribution < -0.4 is 5.73 Å². The minimum absolute atomic E-state index is 0.121. The molecule has 3 heteroatoms. The van der Waals surface area contributed by atoms with Gasteiger partial charge in [0.1, 0.15) is 0 Å². The molecule has 1 aromatic rings. The summed E-state index contributed by atoms with van der Waals surface area (Å²) in [5, 5.41) is 8.30. The molecule has 3 nitrogen and oxygen atoms in total. The SMILES string of the molecule is CCCCCC(N)c1cc(C)nnc1CC. The molecule has 0 saturated heterocycles. The molecule has 2 N–H and O–H groups in total. The molecule has 0 radical (unpaired) electrons. The van der Waals surface area contributed by atoms with E-state index in [2.05, 4.69) is 30.1 Å². The van der Waals surface area contributed by atoms with Crippen molar-refractivity contribution in [1.29, 1.82) is 0 Å². The summed E-state index contributed by atoms with van der Waals surface area (Å²) in [6.45, 7) is 6.28. The van der Waals surface area contributed by atoms with Gasteiger partial charge in [0, 0.05) is 6.04 Å². The van der Waals surface area contributed by atoms with E-state index in [1.807, 2.05) is 6.92 Å². The molecule has 0 aromatic carbocycles. The summed E-state index contributed by atoms with van der Waals surface area (Å²) in [4.78, 5) is 0. The molecule has 1 atom stereocenters. The van der Waals surface area contributed by atoms with Crippen LogP contribution in [0.2, 0.25) is 0 Å². The number of hydrogen-bond donors (Lipinski definition) is 1. The topological polar surface area (TPSA) is 51.8 Å². The lowest BCUT2D eigenvalue weighted by Crippen LogP contribution is -2.14. The Hall–Kier alpha value is -0.960. The summed E-state index contributed by atoms with van der Waals surface area (Å²) < 4.78 is 0. The largest absolute Gasteiger partial charge is 0.324 e. The van der Waals surface area contributed by atoms with Crippen LogP contribution >= 0.6 is 0 Å². The van der Waals surface area contributed by atoms with E-state index in [-0.39, 0.29) is 6.04 Å². The van der Waals surface area contributed by atoms with Crippen LogP contribution in [0, 0.1) is 6.92 Å². The highest BCUT2D eigenvalue weighted by molar-refractivity contribution is 5.24. The van der Waals surface area contributed by atoms with E-state index in [0.29, 0.717) is 0 Å². The predicted octanol–water partition coefficient (Wildman–Crippen LogP) is 2.93. The summed E-state index contributed by atoms with van der Waals surface area (Å²) in [5.41, 5.74) is 9.41. The van der Waals surface area contributed by atoms with Gasteiger partial charge in [-0.3, -0.25) is 0 Å². The average molecular weight is 221 g/mol. The zero-order chi connectivity index (χ0) is 12.0. The predicted molar refractivity (Wildman–Crippen MR) is 67.2 cm³/mol. The molecular formula is C13H23N3. The van der Waals surface area contributed by atoms with Crippen molar-refractivity contribution in [3.8, 4) is 0 Å². The molecule has 0 bridgehead atoms. The molecule has 0 saturated carbocycles. The summed E-state index contributed by atoms with van der Waals surface area (Å²) in [6.07, 6.45) is 5.64. The van der Waals surface area contributed by atoms with Crippen LogP contribution in [0.25, 0.3) is 0 Å². The molecule has 1 aromatic heterocycles. The normalized spacial score (nSPS) is 12.8. The first-order valence-electron chi connectivity index (χ1n) is 6.27. The molecule has 0 amide bonds. The lowest BCUT2D eigenvalue weighted by Gasteiger charge is -2.15. The zero-order valence-electron chi connectivity index (χ0n) is 10.7. The fraction of sp³-hybridized carbons (Fsp3) is 0.692. The summed E-state index contributed by atoms with van der Waals surface area (Å²) in [6, 6.07) is 2.21. The fourth-order valence-electron chi connectivity index (χ4n) is 1.90. The van der Waals surface area contributed by atoms with E-state index in [1.165, 1.54) is 24.8 Å². The van der Waals surface area contributed by atoms with Gasteiger partial charge in [0.15, 0.2) is 0 Å². The van der Waals surface area contributed by atoms with E-state index >= 15 is 0 Å². The summed E-state index contributed by atoms with van der Waals surface area (Å²) in [5.74, 6) is 0. The van der Waals surface area contributed by atoms with E-state index < -0.39 is 0 Å². The van der Waals surface area contributed by atoms with Crippen LogP contribution in [-0.4, -0.2) is 10.2 Å². The van der Waals surface area contributed by atoms with Crippen molar-refractivity contribution in [1.82, 2.24) is 10.2 Å². The van der Waals surface area contributed by atoms with Crippen molar-refractivity contribution in [2.24, 2.45) is 5.73 Å². The Morgan fingerprint density at radius 1 is 1.25 bits per heavy atom. The minimum atomic E-state index is 0.121. The number of nitrogens with two attached hydrogens (primary N) is 1. The molecule has 1 heterocycles. The van der Waals surface area contributed by atoms with Gasteiger partial charge in [0.25, 0.3) is 0 Å². The third kappa shape index (κ3) is 3.56. The van der Waals surface area contributed by atoms with Gasteiger partial charge < -0.3 is 5.73 Å². The molecule has 16 heavy (non-hydrogen) atoms. The van der Waals surface area contributed by atoms with Crippen molar-refractivity contribution >= 4 is 0 Å². The first-order chi connectivity index (χ1) is 7.69. The number of unbranched alkanes of at least 4 members (excludes halogenated alkanes) is 2. The second-order valence-corrected chi connectivity index (χ2v) is 4.34. The van der Waals surface area contributed by atoms with Gasteiger partial charge in [-0.05, 0) is 31.4 Å². The first kappa shape index (κ1) is 13.1. The second kappa shape index (κ2) is 6.59. The molecule has 0 spiro atoms. The van der Waals surface area contributed by atoms with Crippen LogP contribution in [0.5, 0.6) is 0 Å². The average Bonchev–Trinajstić information content (AvgIpc) is 2.29. The van der Waals surface area contributed by atoms with Gasteiger partial charge in [-0.15, -0.1) is 0 Å². The Labute approximate surface area is 98.5 Å². The highest BCUT2D eigenvalue weighted by Gasteiger charge is 2.11. The van der Waals surface area contributed by atoms with Gasteiger partial charge in [-0.25, -0.2) is 0 Å². The maximum absolute atomic E-state index is 6.21. The van der Waals surface area contributed by atoms with Gasteiger partial charge >= 0.3 is 0 Å². The number of rotatable bonds is 6. The van der Waals surface area contributed by atoms with Crippen LogP contribution in [0.3, 0.4) is 0 Å². The van der Waals surface area contributed by atoms with Crippen molar-refractivity contribution < 1.29 is 0 Å². The third-order valence-electron chi connectivity index (χ3n) is 2.88. The van der Waals surface area contributed by atoms with Crippen LogP contribution in [0.4, 0.5) is 0 Å². The van der Waals surface area contributed by atoms with Crippen molar-refractivity contribution in [3.05, 3.63) is 23.0 Å². The Balaban J connectivity index is 2.72. The molecule has 90 valence electrons. The summed E-state index contributed by atoms with van der Waals surface area (Å²) in [7, 11) is 0. The van der Waals surface area contributed by atoms with Crippen LogP contribution in [0.1, 0.15) is 62.5 Å². The Morgan fingerprint density at radius 3 is 2.62 bits per heavy atom. The van der Waals surface area contributed by atoms with Crippen molar-refractivity contribution in [3.63, 3.8) is 0 Å². The van der Waals surface area contributed by atoms with E-state index in [4.69, 9.17) is 5.73 Å². The first-order valence-corrected chi connectivity index (χ1v) is 6.27. The lowest BCUT2D eigenvalue weighted by atomic mass is 9.99. The molecular weight excluding hydrogens is 198 g/mol. The smallest absolute Gasteiger partial charge is 0.0676 e. The maximum Gasteiger partial charge on any atom is 0.0676 e. The standard InChI is InChI=1S/C13H23N3/c1-4-6-7-8-12(14)11-9-10(3)15-16-13(11)5-2/h9,12H,4-8,14H2,1-3H3. The number of hydrogen-bond acceptors (Lipinski definition) is 3. The van der Waals surface area contributed by atoms with Crippen LogP contribution in [-0.2, 0) is 6.42 Å². The monoisotopic (exact) mass is 221 g/mol. The second-order valence-electron chi connectivity index (χ2n) is 4.34. The number of aryl methyl sites for hydroxylation is 2. The van der Waals surface area contributed by atoms with E-state index in [0.717, 1.165) is 24.2 Å². The Bertz CT molecular complexity index is 323. The fourth-order valence-corrected chi connectivity index (χ4v) is 1.90. The van der Waals surface area contributed by atoms with Gasteiger partial charge in [-0.2, -0.15) is 10.2 Å². The van der Waals surface area contributed by atoms with Crippen molar-refractivity contribution in [2.45, 2.75) is 58.9 Å². The van der Waals surface area contributed by atoms with Crippen molar-refractivity contribution in [2.75, 3.05) is 0 Å². The Morgan fingerprint density at radius 2 is 2.00 bits per heavy atom. The number of aromatic nitrogens is 2. The van der Waals surface area contributed by atoms with Crippen LogP contribution in [0.15, 0.2) is 6.07 Å². The lowest BCUT2D eigenvalue weighted by molar-refractivity contribution is 0.573. The molecule has 0 aliphatic rings. The number of nitrogens with zero attached hydrogens (tertiary/aromatic N) is 2. The van der Waals surface area contributed by atoms with Gasteiger partial charge in [-0.1, -0.05) is 33.1 Å². The third-order valence-corrected chi connectivity index (χ3v) is 2.88. The highest BCUT2D eigenvalue weighted by Crippen LogP contribution is 2.20. The molecule has 1 unspecified atom stereocenters. The molecule has 0 aliphatic carbocycles. The van der Waals surface area contributed by atoms with E-state index in [9.17, 15) is 0 Å². The Kier molecular flexibility index (Phi) is 5.39. The van der Waals surface area contributed by atoms with Gasteiger partial charge in [0.05, 0.1) is 11.4 Å². The molecule has 0 fully saturated rings. The molecule has 1 rings (SSSR count). The van der Waals surface area contributed by atoms with E-state index in [1.54, 1.807) is 0 Å². The zero-order valence-corrected chi connectivity index (χ0v) is 10.7. The maximum atomic E-state index is 6.21. The summed E-state index contributed by atoms with van der Waals surface area (Å²) >= 11 is 0. The molecule has 0 aliphatic heterocycles.